The van der Waals surface area contributed by atoms with Crippen molar-refractivity contribution in [3.63, 3.8) is 0 Å². The fraction of sp³-hybridized carbons (Fsp3) is 0.188. The third-order valence-electron chi connectivity index (χ3n) is 3.13. The van der Waals surface area contributed by atoms with E-state index in [9.17, 15) is 4.39 Å². The lowest BCUT2D eigenvalue weighted by molar-refractivity contribution is 0.273. The first-order valence-corrected chi connectivity index (χ1v) is 6.67. The molecule has 0 aliphatic heterocycles. The lowest BCUT2D eigenvalue weighted by Crippen LogP contribution is -1.98. The third kappa shape index (κ3) is 2.81. The number of benzene rings is 2. The minimum Gasteiger partial charge on any atom is -0.491 e. The van der Waals surface area contributed by atoms with Crippen molar-refractivity contribution in [3.8, 4) is 17.2 Å². The van der Waals surface area contributed by atoms with Gasteiger partial charge in [0.1, 0.15) is 24.5 Å². The standard InChI is InChI=1S/C16H15FN2O2/c1-18-12-4-2-11(3-5-12)16-19-14-10-13(20-9-8-17)6-7-15(14)21-16/h2-7,10,18H,8-9H2,1H3. The molecule has 108 valence electrons. The largest absolute Gasteiger partial charge is 0.491 e. The summed E-state index contributed by atoms with van der Waals surface area (Å²) in [6.07, 6.45) is 0. The molecule has 1 N–H and O–H groups in total. The minimum absolute atomic E-state index is 0.0433. The molecule has 0 atom stereocenters. The van der Waals surface area contributed by atoms with E-state index in [4.69, 9.17) is 9.15 Å². The van der Waals surface area contributed by atoms with Crippen molar-refractivity contribution in [2.75, 3.05) is 25.6 Å². The SMILES string of the molecule is CNc1ccc(-c2nc3cc(OCCF)ccc3o2)cc1. The van der Waals surface area contributed by atoms with Gasteiger partial charge in [0.2, 0.25) is 5.89 Å². The predicted molar refractivity (Wildman–Crippen MR) is 80.5 cm³/mol. The Bertz CT molecular complexity index is 738. The number of nitrogens with zero attached hydrogens (tertiary/aromatic N) is 1. The minimum atomic E-state index is -0.514. The molecular weight excluding hydrogens is 271 g/mol. The molecule has 4 nitrogen and oxygen atoms in total. The van der Waals surface area contributed by atoms with Gasteiger partial charge in [0.25, 0.3) is 0 Å². The second kappa shape index (κ2) is 5.83. The van der Waals surface area contributed by atoms with E-state index >= 15 is 0 Å². The van der Waals surface area contributed by atoms with Crippen LogP contribution in [0.4, 0.5) is 10.1 Å². The molecule has 0 saturated heterocycles. The highest BCUT2D eigenvalue weighted by molar-refractivity contribution is 5.78. The second-order valence-electron chi connectivity index (χ2n) is 4.51. The summed E-state index contributed by atoms with van der Waals surface area (Å²) in [5.41, 5.74) is 3.29. The topological polar surface area (TPSA) is 47.3 Å². The number of aromatic nitrogens is 1. The normalized spacial score (nSPS) is 10.8. The van der Waals surface area contributed by atoms with Gasteiger partial charge in [-0.05, 0) is 36.4 Å². The van der Waals surface area contributed by atoms with Gasteiger partial charge in [-0.15, -0.1) is 0 Å². The van der Waals surface area contributed by atoms with Crippen molar-refractivity contribution in [2.24, 2.45) is 0 Å². The van der Waals surface area contributed by atoms with Crippen molar-refractivity contribution in [1.29, 1.82) is 0 Å². The van der Waals surface area contributed by atoms with Crippen LogP contribution in [0.15, 0.2) is 46.9 Å². The van der Waals surface area contributed by atoms with Crippen molar-refractivity contribution in [3.05, 3.63) is 42.5 Å². The molecule has 0 spiro atoms. The fourth-order valence-corrected chi connectivity index (χ4v) is 2.06. The Morgan fingerprint density at radius 1 is 1.19 bits per heavy atom. The van der Waals surface area contributed by atoms with Crippen LogP contribution in [0.1, 0.15) is 0 Å². The first-order chi connectivity index (χ1) is 10.3. The summed E-state index contributed by atoms with van der Waals surface area (Å²) in [5.74, 6) is 1.14. The molecule has 5 heteroatoms. The molecule has 0 fully saturated rings. The van der Waals surface area contributed by atoms with E-state index < -0.39 is 6.67 Å². The molecule has 3 aromatic rings. The summed E-state index contributed by atoms with van der Waals surface area (Å²) < 4.78 is 23.1. The number of hydrogen-bond donors (Lipinski definition) is 1. The van der Waals surface area contributed by atoms with Gasteiger partial charge >= 0.3 is 0 Å². The lowest BCUT2D eigenvalue weighted by atomic mass is 10.2. The van der Waals surface area contributed by atoms with Gasteiger partial charge in [-0.3, -0.25) is 0 Å². The van der Waals surface area contributed by atoms with Crippen molar-refractivity contribution in [1.82, 2.24) is 4.98 Å². The molecule has 3 rings (SSSR count). The van der Waals surface area contributed by atoms with Crippen molar-refractivity contribution < 1.29 is 13.5 Å². The van der Waals surface area contributed by atoms with E-state index in [1.165, 1.54) is 0 Å². The molecule has 0 unspecified atom stereocenters. The van der Waals surface area contributed by atoms with E-state index in [0.29, 0.717) is 22.7 Å². The quantitative estimate of drug-likeness (QED) is 0.773. The number of anilines is 1. The van der Waals surface area contributed by atoms with Gasteiger partial charge in [-0.2, -0.15) is 0 Å². The summed E-state index contributed by atoms with van der Waals surface area (Å²) >= 11 is 0. The molecule has 1 heterocycles. The number of hydrogen-bond acceptors (Lipinski definition) is 4. The summed E-state index contributed by atoms with van der Waals surface area (Å²) in [7, 11) is 1.87. The Kier molecular flexibility index (Phi) is 3.73. The molecule has 0 saturated carbocycles. The number of halogens is 1. The monoisotopic (exact) mass is 286 g/mol. The highest BCUT2D eigenvalue weighted by Crippen LogP contribution is 2.27. The van der Waals surface area contributed by atoms with Crippen molar-refractivity contribution in [2.45, 2.75) is 0 Å². The fourth-order valence-electron chi connectivity index (χ4n) is 2.06. The first-order valence-electron chi connectivity index (χ1n) is 6.67. The summed E-state index contributed by atoms with van der Waals surface area (Å²) in [5, 5.41) is 3.06. The van der Waals surface area contributed by atoms with Crippen LogP contribution in [0, 0.1) is 0 Å². The number of ether oxygens (including phenoxy) is 1. The van der Waals surface area contributed by atoms with Gasteiger partial charge in [0.05, 0.1) is 0 Å². The summed E-state index contributed by atoms with van der Waals surface area (Å²) in [6, 6.07) is 13.1. The highest BCUT2D eigenvalue weighted by atomic mass is 19.1. The van der Waals surface area contributed by atoms with Crippen LogP contribution in [0.2, 0.25) is 0 Å². The van der Waals surface area contributed by atoms with Gasteiger partial charge in [-0.1, -0.05) is 0 Å². The maximum Gasteiger partial charge on any atom is 0.227 e. The molecular formula is C16H15FN2O2. The molecule has 0 aliphatic rings. The van der Waals surface area contributed by atoms with Gasteiger partial charge in [0, 0.05) is 24.4 Å². The maximum absolute atomic E-state index is 12.1. The average Bonchev–Trinajstić information content (AvgIpc) is 2.96. The predicted octanol–water partition coefficient (Wildman–Crippen LogP) is 3.88. The number of nitrogens with one attached hydrogen (secondary N) is 1. The number of fused-ring (bicyclic) bond motifs is 1. The van der Waals surface area contributed by atoms with E-state index in [2.05, 4.69) is 10.3 Å². The number of rotatable bonds is 5. The number of alkyl halides is 1. The molecule has 1 aromatic heterocycles. The molecule has 0 radical (unpaired) electrons. The molecule has 0 amide bonds. The Balaban J connectivity index is 1.92. The lowest BCUT2D eigenvalue weighted by Gasteiger charge is -2.01. The molecule has 2 aromatic carbocycles. The van der Waals surface area contributed by atoms with E-state index in [-0.39, 0.29) is 6.61 Å². The molecule has 0 bridgehead atoms. The van der Waals surface area contributed by atoms with Crippen LogP contribution in [0.25, 0.3) is 22.6 Å². The van der Waals surface area contributed by atoms with E-state index in [1.807, 2.05) is 31.3 Å². The van der Waals surface area contributed by atoms with E-state index in [1.54, 1.807) is 18.2 Å². The summed E-state index contributed by atoms with van der Waals surface area (Å²) in [6.45, 7) is -0.471. The zero-order valence-electron chi connectivity index (χ0n) is 11.6. The first kappa shape index (κ1) is 13.4. The molecule has 21 heavy (non-hydrogen) atoms. The Morgan fingerprint density at radius 2 is 2.00 bits per heavy atom. The van der Waals surface area contributed by atoms with Gasteiger partial charge < -0.3 is 14.5 Å². The second-order valence-corrected chi connectivity index (χ2v) is 4.51. The van der Waals surface area contributed by atoms with Crippen LogP contribution < -0.4 is 10.1 Å². The van der Waals surface area contributed by atoms with Crippen LogP contribution in [0.3, 0.4) is 0 Å². The zero-order valence-corrected chi connectivity index (χ0v) is 11.6. The third-order valence-corrected chi connectivity index (χ3v) is 3.13. The van der Waals surface area contributed by atoms with Crippen LogP contribution in [-0.4, -0.2) is 25.3 Å². The van der Waals surface area contributed by atoms with Crippen molar-refractivity contribution >= 4 is 16.8 Å². The Hall–Kier alpha value is -2.56. The van der Waals surface area contributed by atoms with E-state index in [0.717, 1.165) is 11.3 Å². The molecule has 0 aliphatic carbocycles. The Labute approximate surface area is 121 Å². The highest BCUT2D eigenvalue weighted by Gasteiger charge is 2.09. The van der Waals surface area contributed by atoms with Gasteiger partial charge in [0.15, 0.2) is 5.58 Å². The van der Waals surface area contributed by atoms with Crippen LogP contribution in [0.5, 0.6) is 5.75 Å². The zero-order chi connectivity index (χ0) is 14.7. The van der Waals surface area contributed by atoms with Crippen LogP contribution in [-0.2, 0) is 0 Å². The van der Waals surface area contributed by atoms with Crippen LogP contribution >= 0.6 is 0 Å². The average molecular weight is 286 g/mol. The van der Waals surface area contributed by atoms with Gasteiger partial charge in [-0.25, -0.2) is 9.37 Å². The number of oxazole rings is 1. The smallest absolute Gasteiger partial charge is 0.227 e. The Morgan fingerprint density at radius 3 is 2.71 bits per heavy atom. The maximum atomic E-state index is 12.1. The summed E-state index contributed by atoms with van der Waals surface area (Å²) in [4.78, 5) is 4.45.